The second kappa shape index (κ2) is 10.1. The fourth-order valence-electron chi connectivity index (χ4n) is 6.16. The van der Waals surface area contributed by atoms with E-state index in [0.717, 1.165) is 11.4 Å². The largest absolute Gasteiger partial charge is 0.355 e. The number of nitrogens with zero attached hydrogens (tertiary/aromatic N) is 1. The van der Waals surface area contributed by atoms with E-state index in [1.54, 1.807) is 0 Å². The molecule has 8 rings (SSSR count). The standard InChI is InChI=1S/C40H28N2/c1-2-10-30(11-3-1)35-27-22-31-12-4-5-13-34(31)40(35)41-32-23-18-28(19-24-32)29-20-25-33(26-21-29)42-38-16-8-6-14-36(38)37-15-7-9-17-39(37)42/h1-27,41H. The molecule has 42 heavy (non-hydrogen) atoms. The smallest absolute Gasteiger partial charge is 0.0543 e. The van der Waals surface area contributed by atoms with Crippen LogP contribution >= 0.6 is 0 Å². The second-order valence-electron chi connectivity index (χ2n) is 10.7. The highest BCUT2D eigenvalue weighted by atomic mass is 15.0. The van der Waals surface area contributed by atoms with Crippen LogP contribution in [-0.4, -0.2) is 4.57 Å². The van der Waals surface area contributed by atoms with Crippen molar-refractivity contribution < 1.29 is 0 Å². The fourth-order valence-corrected chi connectivity index (χ4v) is 6.16. The number of hydrogen-bond acceptors (Lipinski definition) is 1. The molecule has 0 aliphatic rings. The molecule has 0 fully saturated rings. The molecule has 7 aromatic carbocycles. The highest BCUT2D eigenvalue weighted by Gasteiger charge is 2.12. The first-order chi connectivity index (χ1) is 20.8. The Hall–Kier alpha value is -5.60. The number of hydrogen-bond donors (Lipinski definition) is 1. The maximum Gasteiger partial charge on any atom is 0.0543 e. The predicted molar refractivity (Wildman–Crippen MR) is 179 cm³/mol. The lowest BCUT2D eigenvalue weighted by atomic mass is 9.98. The summed E-state index contributed by atoms with van der Waals surface area (Å²) >= 11 is 0. The number of benzene rings is 7. The Labute approximate surface area is 245 Å². The van der Waals surface area contributed by atoms with E-state index < -0.39 is 0 Å². The maximum atomic E-state index is 3.75. The molecule has 8 aromatic rings. The third-order valence-electron chi connectivity index (χ3n) is 8.21. The molecule has 0 radical (unpaired) electrons. The Morgan fingerprint density at radius 1 is 0.381 bits per heavy atom. The molecule has 0 bridgehead atoms. The van der Waals surface area contributed by atoms with Crippen LogP contribution in [0.3, 0.4) is 0 Å². The normalized spacial score (nSPS) is 11.3. The van der Waals surface area contributed by atoms with Crippen LogP contribution in [0.5, 0.6) is 0 Å². The van der Waals surface area contributed by atoms with E-state index in [1.165, 1.54) is 60.5 Å². The van der Waals surface area contributed by atoms with Crippen LogP contribution in [0.2, 0.25) is 0 Å². The summed E-state index contributed by atoms with van der Waals surface area (Å²) in [5, 5.41) is 8.74. The summed E-state index contributed by atoms with van der Waals surface area (Å²) in [5.41, 5.74) is 10.6. The molecule has 0 unspecified atom stereocenters. The van der Waals surface area contributed by atoms with E-state index in [-0.39, 0.29) is 0 Å². The Morgan fingerprint density at radius 2 is 0.929 bits per heavy atom. The van der Waals surface area contributed by atoms with Crippen LogP contribution in [0.15, 0.2) is 164 Å². The number of rotatable bonds is 5. The van der Waals surface area contributed by atoms with Gasteiger partial charge in [-0.05, 0) is 58.5 Å². The first kappa shape index (κ1) is 24.2. The van der Waals surface area contributed by atoms with Gasteiger partial charge in [0.1, 0.15) is 0 Å². The Balaban J connectivity index is 1.12. The van der Waals surface area contributed by atoms with Crippen LogP contribution in [0, 0.1) is 0 Å². The van der Waals surface area contributed by atoms with E-state index in [9.17, 15) is 0 Å². The van der Waals surface area contributed by atoms with Gasteiger partial charge in [0.15, 0.2) is 0 Å². The van der Waals surface area contributed by atoms with Crippen molar-refractivity contribution in [3.05, 3.63) is 164 Å². The Bertz CT molecular complexity index is 2140. The Morgan fingerprint density at radius 3 is 1.60 bits per heavy atom. The molecule has 2 nitrogen and oxygen atoms in total. The predicted octanol–water partition coefficient (Wildman–Crippen LogP) is 11.0. The minimum atomic E-state index is 1.06. The molecule has 1 heterocycles. The van der Waals surface area contributed by atoms with E-state index in [0.29, 0.717) is 0 Å². The van der Waals surface area contributed by atoms with Crippen LogP contribution in [-0.2, 0) is 0 Å². The van der Waals surface area contributed by atoms with Crippen LogP contribution in [0.1, 0.15) is 0 Å². The van der Waals surface area contributed by atoms with Gasteiger partial charge in [-0.2, -0.15) is 0 Å². The molecule has 1 aromatic heterocycles. The number of nitrogens with one attached hydrogen (secondary N) is 1. The van der Waals surface area contributed by atoms with Crippen molar-refractivity contribution in [1.82, 2.24) is 4.57 Å². The molecule has 0 atom stereocenters. The van der Waals surface area contributed by atoms with Gasteiger partial charge in [-0.25, -0.2) is 0 Å². The van der Waals surface area contributed by atoms with Gasteiger partial charge >= 0.3 is 0 Å². The lowest BCUT2D eigenvalue weighted by molar-refractivity contribution is 1.18. The van der Waals surface area contributed by atoms with E-state index in [2.05, 4.69) is 174 Å². The third-order valence-corrected chi connectivity index (χ3v) is 8.21. The monoisotopic (exact) mass is 536 g/mol. The fraction of sp³-hybridized carbons (Fsp3) is 0. The average Bonchev–Trinajstić information content (AvgIpc) is 3.40. The number of fused-ring (bicyclic) bond motifs is 4. The van der Waals surface area contributed by atoms with Crippen molar-refractivity contribution in [3.63, 3.8) is 0 Å². The SMILES string of the molecule is c1ccc(-c2ccc3ccccc3c2Nc2ccc(-c3ccc(-n4c5ccccc5c5ccccc54)cc3)cc2)cc1. The first-order valence-electron chi connectivity index (χ1n) is 14.4. The van der Waals surface area contributed by atoms with Crippen molar-refractivity contribution in [2.24, 2.45) is 0 Å². The molecular weight excluding hydrogens is 508 g/mol. The Kier molecular flexibility index (Phi) is 5.82. The lowest BCUT2D eigenvalue weighted by Crippen LogP contribution is -1.95. The summed E-state index contributed by atoms with van der Waals surface area (Å²) in [7, 11) is 0. The van der Waals surface area contributed by atoms with Gasteiger partial charge in [0.2, 0.25) is 0 Å². The highest BCUT2D eigenvalue weighted by Crippen LogP contribution is 2.37. The summed E-state index contributed by atoms with van der Waals surface area (Å²) in [6, 6.07) is 58.5. The second-order valence-corrected chi connectivity index (χ2v) is 10.7. The van der Waals surface area contributed by atoms with Gasteiger partial charge in [-0.15, -0.1) is 0 Å². The van der Waals surface area contributed by atoms with Gasteiger partial charge in [-0.1, -0.05) is 127 Å². The van der Waals surface area contributed by atoms with Gasteiger partial charge in [0, 0.05) is 33.1 Å². The van der Waals surface area contributed by atoms with E-state index >= 15 is 0 Å². The highest BCUT2D eigenvalue weighted by molar-refractivity contribution is 6.09. The zero-order valence-corrected chi connectivity index (χ0v) is 23.0. The van der Waals surface area contributed by atoms with Crippen molar-refractivity contribution in [1.29, 1.82) is 0 Å². The first-order valence-corrected chi connectivity index (χ1v) is 14.4. The maximum absolute atomic E-state index is 3.75. The number of para-hydroxylation sites is 2. The third kappa shape index (κ3) is 4.13. The lowest BCUT2D eigenvalue weighted by Gasteiger charge is -2.16. The van der Waals surface area contributed by atoms with Gasteiger partial charge in [0.25, 0.3) is 0 Å². The summed E-state index contributed by atoms with van der Waals surface area (Å²) in [4.78, 5) is 0. The molecule has 0 spiro atoms. The summed E-state index contributed by atoms with van der Waals surface area (Å²) in [6.07, 6.45) is 0. The zero-order chi connectivity index (χ0) is 27.9. The molecule has 1 N–H and O–H groups in total. The average molecular weight is 537 g/mol. The van der Waals surface area contributed by atoms with Crippen LogP contribution < -0.4 is 5.32 Å². The quantitative estimate of drug-likeness (QED) is 0.231. The molecule has 0 aliphatic heterocycles. The minimum absolute atomic E-state index is 1.06. The summed E-state index contributed by atoms with van der Waals surface area (Å²) < 4.78 is 2.36. The summed E-state index contributed by atoms with van der Waals surface area (Å²) in [5.74, 6) is 0. The molecule has 0 aliphatic carbocycles. The molecule has 0 amide bonds. The molecular formula is C40H28N2. The number of anilines is 2. The van der Waals surface area contributed by atoms with Crippen molar-refractivity contribution in [2.45, 2.75) is 0 Å². The zero-order valence-electron chi connectivity index (χ0n) is 23.0. The molecule has 0 saturated heterocycles. The summed E-state index contributed by atoms with van der Waals surface area (Å²) in [6.45, 7) is 0. The minimum Gasteiger partial charge on any atom is -0.355 e. The molecule has 0 saturated carbocycles. The van der Waals surface area contributed by atoms with Gasteiger partial charge in [0.05, 0.1) is 16.7 Å². The van der Waals surface area contributed by atoms with E-state index in [4.69, 9.17) is 0 Å². The van der Waals surface area contributed by atoms with Crippen molar-refractivity contribution in [2.75, 3.05) is 5.32 Å². The number of aromatic nitrogens is 1. The van der Waals surface area contributed by atoms with Gasteiger partial charge < -0.3 is 9.88 Å². The van der Waals surface area contributed by atoms with Crippen molar-refractivity contribution in [3.8, 4) is 27.9 Å². The molecule has 2 heteroatoms. The van der Waals surface area contributed by atoms with Crippen LogP contribution in [0.25, 0.3) is 60.5 Å². The van der Waals surface area contributed by atoms with Crippen molar-refractivity contribution >= 4 is 44.0 Å². The topological polar surface area (TPSA) is 17.0 Å². The molecule has 198 valence electrons. The van der Waals surface area contributed by atoms with E-state index in [1.807, 2.05) is 0 Å². The van der Waals surface area contributed by atoms with Crippen LogP contribution in [0.4, 0.5) is 11.4 Å². The van der Waals surface area contributed by atoms with Gasteiger partial charge in [-0.3, -0.25) is 0 Å².